The van der Waals surface area contributed by atoms with Crippen LogP contribution in [0.15, 0.2) is 48.8 Å². The fourth-order valence-corrected chi connectivity index (χ4v) is 4.89. The van der Waals surface area contributed by atoms with Crippen LogP contribution in [0.1, 0.15) is 42.3 Å². The first kappa shape index (κ1) is 21.0. The number of nitrogens with one attached hydrogen (secondary N) is 1. The standard InChI is InChI=1S/C23H24N4O3S/c1-3-17(15-8-6-5-7-9-15)26-22-21-16-12-27(19(28)10-11-20(29)30-4-2)13-18(16)31-23(21)25-14-24-22/h5-11,14,17H,3-4,12-13H2,1-2H3,(H,24,25,26)/t17-/m1/s1. The number of hydrogen-bond donors (Lipinski definition) is 1. The predicted octanol–water partition coefficient (Wildman–Crippen LogP) is 4.22. The van der Waals surface area contributed by atoms with Crippen molar-refractivity contribution in [2.24, 2.45) is 0 Å². The van der Waals surface area contributed by atoms with Gasteiger partial charge in [0.1, 0.15) is 17.0 Å². The highest BCUT2D eigenvalue weighted by Gasteiger charge is 2.29. The van der Waals surface area contributed by atoms with E-state index in [4.69, 9.17) is 4.74 Å². The zero-order valence-corrected chi connectivity index (χ0v) is 18.3. The first-order valence-corrected chi connectivity index (χ1v) is 11.1. The number of benzene rings is 1. The third-order valence-corrected chi connectivity index (χ3v) is 6.36. The minimum atomic E-state index is -0.512. The Labute approximate surface area is 184 Å². The number of esters is 1. The Balaban J connectivity index is 1.57. The summed E-state index contributed by atoms with van der Waals surface area (Å²) < 4.78 is 4.84. The zero-order chi connectivity index (χ0) is 21.8. The molecule has 1 aliphatic rings. The van der Waals surface area contributed by atoms with Crippen LogP contribution in [0.3, 0.4) is 0 Å². The van der Waals surface area contributed by atoms with Gasteiger partial charge < -0.3 is 15.0 Å². The molecule has 7 nitrogen and oxygen atoms in total. The summed E-state index contributed by atoms with van der Waals surface area (Å²) in [7, 11) is 0. The maximum Gasteiger partial charge on any atom is 0.330 e. The summed E-state index contributed by atoms with van der Waals surface area (Å²) in [5, 5.41) is 4.55. The summed E-state index contributed by atoms with van der Waals surface area (Å²) in [6.07, 6.45) is 4.94. The summed E-state index contributed by atoms with van der Waals surface area (Å²) in [6, 6.07) is 10.4. The van der Waals surface area contributed by atoms with Gasteiger partial charge in [0.25, 0.3) is 0 Å². The fraction of sp³-hybridized carbons (Fsp3) is 0.304. The van der Waals surface area contributed by atoms with Gasteiger partial charge in [-0.1, -0.05) is 37.3 Å². The van der Waals surface area contributed by atoms with Gasteiger partial charge in [-0.2, -0.15) is 0 Å². The summed E-state index contributed by atoms with van der Waals surface area (Å²) in [5.74, 6) is 0.0583. The molecule has 1 atom stereocenters. The van der Waals surface area contributed by atoms with Crippen molar-refractivity contribution in [2.75, 3.05) is 11.9 Å². The molecule has 0 saturated heterocycles. The zero-order valence-electron chi connectivity index (χ0n) is 17.5. The molecule has 0 saturated carbocycles. The van der Waals surface area contributed by atoms with Crippen LogP contribution in [0.5, 0.6) is 0 Å². The summed E-state index contributed by atoms with van der Waals surface area (Å²) in [4.78, 5) is 36.7. The van der Waals surface area contributed by atoms with Crippen LogP contribution in [-0.4, -0.2) is 33.4 Å². The highest BCUT2D eigenvalue weighted by atomic mass is 32.1. The van der Waals surface area contributed by atoms with E-state index in [1.54, 1.807) is 29.5 Å². The highest BCUT2D eigenvalue weighted by molar-refractivity contribution is 7.19. The van der Waals surface area contributed by atoms with E-state index in [1.807, 2.05) is 18.2 Å². The van der Waals surface area contributed by atoms with Crippen LogP contribution in [0.2, 0.25) is 0 Å². The third kappa shape index (κ3) is 4.44. The maximum atomic E-state index is 12.5. The quantitative estimate of drug-likeness (QED) is 0.441. The smallest absolute Gasteiger partial charge is 0.330 e. The van der Waals surface area contributed by atoms with E-state index in [9.17, 15) is 9.59 Å². The Hall–Kier alpha value is -3.26. The number of aromatic nitrogens is 2. The van der Waals surface area contributed by atoms with Gasteiger partial charge in [-0.15, -0.1) is 11.3 Å². The Kier molecular flexibility index (Phi) is 6.27. The minimum Gasteiger partial charge on any atom is -0.463 e. The number of fused-ring (bicyclic) bond motifs is 3. The van der Waals surface area contributed by atoms with E-state index in [2.05, 4.69) is 34.3 Å². The second-order valence-electron chi connectivity index (χ2n) is 7.20. The molecular weight excluding hydrogens is 412 g/mol. The van der Waals surface area contributed by atoms with Gasteiger partial charge in [-0.25, -0.2) is 14.8 Å². The summed E-state index contributed by atoms with van der Waals surface area (Å²) in [6.45, 7) is 5.11. The lowest BCUT2D eigenvalue weighted by molar-refractivity contribution is -0.137. The number of nitrogens with zero attached hydrogens (tertiary/aromatic N) is 3. The van der Waals surface area contributed by atoms with Crippen molar-refractivity contribution in [3.63, 3.8) is 0 Å². The lowest BCUT2D eigenvalue weighted by Crippen LogP contribution is -2.23. The van der Waals surface area contributed by atoms with Crippen LogP contribution in [-0.2, 0) is 27.4 Å². The minimum absolute atomic E-state index is 0.126. The van der Waals surface area contributed by atoms with Crippen molar-refractivity contribution in [1.82, 2.24) is 14.9 Å². The van der Waals surface area contributed by atoms with Gasteiger partial charge in [0.05, 0.1) is 24.6 Å². The molecule has 0 radical (unpaired) electrons. The van der Waals surface area contributed by atoms with Crippen molar-refractivity contribution in [3.05, 3.63) is 64.8 Å². The van der Waals surface area contributed by atoms with Crippen molar-refractivity contribution in [3.8, 4) is 0 Å². The van der Waals surface area contributed by atoms with Gasteiger partial charge in [0.15, 0.2) is 0 Å². The SMILES string of the molecule is CCOC(=O)C=CC(=O)N1Cc2sc3ncnc(N[C@H](CC)c4ccccc4)c3c2C1. The molecule has 3 heterocycles. The van der Waals surface area contributed by atoms with Crippen molar-refractivity contribution in [1.29, 1.82) is 0 Å². The number of anilines is 1. The second-order valence-corrected chi connectivity index (χ2v) is 8.29. The van der Waals surface area contributed by atoms with Crippen LogP contribution in [0.4, 0.5) is 5.82 Å². The van der Waals surface area contributed by atoms with E-state index in [-0.39, 0.29) is 18.6 Å². The first-order chi connectivity index (χ1) is 15.1. The number of thiophene rings is 1. The monoisotopic (exact) mass is 436 g/mol. The number of ether oxygens (including phenoxy) is 1. The van der Waals surface area contributed by atoms with Crippen molar-refractivity contribution in [2.45, 2.75) is 39.4 Å². The van der Waals surface area contributed by atoms with Crippen LogP contribution >= 0.6 is 11.3 Å². The highest BCUT2D eigenvalue weighted by Crippen LogP contribution is 2.40. The van der Waals surface area contributed by atoms with E-state index >= 15 is 0 Å². The molecule has 4 rings (SSSR count). The molecule has 3 aromatic rings. The van der Waals surface area contributed by atoms with E-state index in [0.29, 0.717) is 13.1 Å². The fourth-order valence-electron chi connectivity index (χ4n) is 3.72. The Morgan fingerprint density at radius 3 is 2.74 bits per heavy atom. The van der Waals surface area contributed by atoms with Gasteiger partial charge in [-0.05, 0) is 18.9 Å². The topological polar surface area (TPSA) is 84.4 Å². The molecule has 0 unspecified atom stereocenters. The summed E-state index contributed by atoms with van der Waals surface area (Å²) in [5.41, 5.74) is 2.27. The molecule has 1 aromatic carbocycles. The normalized spacial score (nSPS) is 14.1. The van der Waals surface area contributed by atoms with Gasteiger partial charge in [0, 0.05) is 29.1 Å². The third-order valence-electron chi connectivity index (χ3n) is 5.24. The largest absolute Gasteiger partial charge is 0.463 e. The molecule has 1 aliphatic heterocycles. The second kappa shape index (κ2) is 9.26. The average molecular weight is 437 g/mol. The van der Waals surface area contributed by atoms with Crippen LogP contribution in [0.25, 0.3) is 10.2 Å². The lowest BCUT2D eigenvalue weighted by atomic mass is 10.0. The molecule has 8 heteroatoms. The Morgan fingerprint density at radius 2 is 2.00 bits per heavy atom. The number of rotatable bonds is 7. The molecule has 1 N–H and O–H groups in total. The molecule has 31 heavy (non-hydrogen) atoms. The molecule has 0 fully saturated rings. The van der Waals surface area contributed by atoms with Crippen LogP contribution < -0.4 is 5.32 Å². The van der Waals surface area contributed by atoms with Gasteiger partial charge in [-0.3, -0.25) is 4.79 Å². The van der Waals surface area contributed by atoms with Crippen molar-refractivity contribution >= 4 is 39.2 Å². The molecule has 160 valence electrons. The van der Waals surface area contributed by atoms with Crippen LogP contribution in [0, 0.1) is 0 Å². The maximum absolute atomic E-state index is 12.5. The van der Waals surface area contributed by atoms with Crippen molar-refractivity contribution < 1.29 is 14.3 Å². The number of carbonyl (C=O) groups is 2. The lowest BCUT2D eigenvalue weighted by Gasteiger charge is -2.19. The molecule has 2 aromatic heterocycles. The molecule has 0 aliphatic carbocycles. The number of carbonyl (C=O) groups excluding carboxylic acids is 2. The van der Waals surface area contributed by atoms with E-state index in [0.717, 1.165) is 32.9 Å². The number of hydrogen-bond acceptors (Lipinski definition) is 7. The van der Waals surface area contributed by atoms with Gasteiger partial charge in [0.2, 0.25) is 5.91 Å². The molecule has 0 spiro atoms. The van der Waals surface area contributed by atoms with E-state index in [1.165, 1.54) is 17.7 Å². The Bertz CT molecular complexity index is 1130. The van der Waals surface area contributed by atoms with E-state index < -0.39 is 5.97 Å². The predicted molar refractivity (Wildman–Crippen MR) is 121 cm³/mol. The molecule has 0 bridgehead atoms. The Morgan fingerprint density at radius 1 is 1.19 bits per heavy atom. The molecule has 1 amide bonds. The summed E-state index contributed by atoms with van der Waals surface area (Å²) >= 11 is 1.58. The number of amides is 1. The first-order valence-electron chi connectivity index (χ1n) is 10.3. The van der Waals surface area contributed by atoms with Gasteiger partial charge >= 0.3 is 5.97 Å². The molecular formula is C23H24N4O3S. The average Bonchev–Trinajstić information content (AvgIpc) is 3.35.